The van der Waals surface area contributed by atoms with E-state index in [4.69, 9.17) is 0 Å². The van der Waals surface area contributed by atoms with Gasteiger partial charge in [0.15, 0.2) is 5.69 Å². The maximum Gasteiger partial charge on any atom is 0.303 e. The van der Waals surface area contributed by atoms with Crippen molar-refractivity contribution in [2.75, 3.05) is 4.90 Å². The fraction of sp³-hybridized carbons (Fsp3) is 0.304. The normalized spacial score (nSPS) is 20.7. The molecular weight excluding hydrogens is 464 g/mol. The Bertz CT molecular complexity index is 1420. The second-order valence-electron chi connectivity index (χ2n) is 8.92. The Morgan fingerprint density at radius 1 is 1.18 bits per heavy atom. The number of halogens is 3. The SMILES string of the molecule is Cc1cc(-n2ncc(C(F)(F)P)n2)cc(F)c1[C@H]1C(C2CC2)C(=O)N1c1ccc2nc[nH]c2c1. The lowest BCUT2D eigenvalue weighted by molar-refractivity contribution is -0.131. The van der Waals surface area contributed by atoms with Crippen molar-refractivity contribution in [1.82, 2.24) is 25.0 Å². The van der Waals surface area contributed by atoms with Crippen LogP contribution in [0, 0.1) is 24.6 Å². The number of hydrogen-bond acceptors (Lipinski definition) is 4. The smallest absolute Gasteiger partial charge is 0.303 e. The molecule has 2 aromatic heterocycles. The van der Waals surface area contributed by atoms with Gasteiger partial charge < -0.3 is 9.88 Å². The topological polar surface area (TPSA) is 79.7 Å². The number of nitrogens with one attached hydrogen (secondary N) is 1. The first-order chi connectivity index (χ1) is 16.2. The number of aromatic nitrogens is 5. The molecule has 1 N–H and O–H groups in total. The van der Waals surface area contributed by atoms with E-state index in [0.717, 1.165) is 34.9 Å². The van der Waals surface area contributed by atoms with Crippen molar-refractivity contribution in [3.63, 3.8) is 0 Å². The van der Waals surface area contributed by atoms with E-state index in [1.807, 2.05) is 18.2 Å². The highest BCUT2D eigenvalue weighted by atomic mass is 31.0. The Morgan fingerprint density at radius 2 is 1.97 bits per heavy atom. The molecule has 7 nitrogen and oxygen atoms in total. The summed E-state index contributed by atoms with van der Waals surface area (Å²) in [7, 11) is 1.41. The number of aromatic amines is 1. The van der Waals surface area contributed by atoms with Crippen molar-refractivity contribution in [2.45, 2.75) is 31.5 Å². The van der Waals surface area contributed by atoms with Crippen LogP contribution in [0.2, 0.25) is 0 Å². The molecule has 6 rings (SSSR count). The van der Waals surface area contributed by atoms with E-state index in [1.54, 1.807) is 24.2 Å². The number of fused-ring (bicyclic) bond motifs is 1. The van der Waals surface area contributed by atoms with Gasteiger partial charge in [0.2, 0.25) is 5.91 Å². The largest absolute Gasteiger partial charge is 0.345 e. The van der Waals surface area contributed by atoms with E-state index in [9.17, 15) is 13.6 Å². The second kappa shape index (κ2) is 7.37. The summed E-state index contributed by atoms with van der Waals surface area (Å²) in [6.07, 6.45) is 4.43. The molecule has 0 bridgehead atoms. The number of alkyl halides is 2. The fourth-order valence-electron chi connectivity index (χ4n) is 4.86. The minimum Gasteiger partial charge on any atom is -0.345 e. The minimum absolute atomic E-state index is 0.0182. The van der Waals surface area contributed by atoms with Gasteiger partial charge in [-0.2, -0.15) is 18.7 Å². The Labute approximate surface area is 194 Å². The van der Waals surface area contributed by atoms with Crippen LogP contribution in [-0.4, -0.2) is 30.9 Å². The van der Waals surface area contributed by atoms with Crippen molar-refractivity contribution >= 4 is 31.9 Å². The molecule has 1 aliphatic heterocycles. The van der Waals surface area contributed by atoms with Crippen LogP contribution in [0.5, 0.6) is 0 Å². The molecule has 11 heteroatoms. The lowest BCUT2D eigenvalue weighted by Crippen LogP contribution is -2.56. The first-order valence-electron chi connectivity index (χ1n) is 10.9. The number of carbonyl (C=O) groups is 1. The van der Waals surface area contributed by atoms with Crippen LogP contribution in [0.4, 0.5) is 18.9 Å². The third kappa shape index (κ3) is 3.31. The van der Waals surface area contributed by atoms with Crippen LogP contribution in [0.3, 0.4) is 0 Å². The van der Waals surface area contributed by atoms with Crippen molar-refractivity contribution in [1.29, 1.82) is 0 Å². The number of rotatable bonds is 5. The van der Waals surface area contributed by atoms with Crippen LogP contribution >= 0.6 is 9.24 Å². The summed E-state index contributed by atoms with van der Waals surface area (Å²) in [5.41, 5.74) is -0.259. The average Bonchev–Trinajstić information content (AvgIpc) is 3.26. The Hall–Kier alpha value is -3.26. The van der Waals surface area contributed by atoms with Gasteiger partial charge in [-0.15, -0.1) is 5.10 Å². The van der Waals surface area contributed by atoms with Gasteiger partial charge in [0.25, 0.3) is 0 Å². The molecule has 1 saturated carbocycles. The van der Waals surface area contributed by atoms with Gasteiger partial charge in [-0.3, -0.25) is 4.79 Å². The highest BCUT2D eigenvalue weighted by Gasteiger charge is 2.56. The second-order valence-corrected chi connectivity index (χ2v) is 9.65. The minimum atomic E-state index is -3.23. The quantitative estimate of drug-likeness (QED) is 0.331. The van der Waals surface area contributed by atoms with Crippen molar-refractivity contribution in [3.05, 3.63) is 65.5 Å². The van der Waals surface area contributed by atoms with Crippen LogP contribution in [-0.2, 0) is 10.5 Å². The van der Waals surface area contributed by atoms with Crippen molar-refractivity contribution < 1.29 is 18.0 Å². The van der Waals surface area contributed by atoms with Gasteiger partial charge in [0.1, 0.15) is 5.82 Å². The van der Waals surface area contributed by atoms with E-state index < -0.39 is 23.2 Å². The third-order valence-corrected chi connectivity index (χ3v) is 6.93. The zero-order valence-electron chi connectivity index (χ0n) is 18.0. The van der Waals surface area contributed by atoms with Gasteiger partial charge in [0.05, 0.1) is 41.2 Å². The zero-order valence-corrected chi connectivity index (χ0v) is 19.2. The van der Waals surface area contributed by atoms with Crippen LogP contribution in [0.25, 0.3) is 16.7 Å². The van der Waals surface area contributed by atoms with Gasteiger partial charge in [-0.05, 0) is 55.5 Å². The van der Waals surface area contributed by atoms with E-state index in [2.05, 4.69) is 20.2 Å². The predicted octanol–water partition coefficient (Wildman–Crippen LogP) is 4.63. The molecular formula is C23H20F3N6OP. The summed E-state index contributed by atoms with van der Waals surface area (Å²) in [5.74, 6) is -0.595. The van der Waals surface area contributed by atoms with Crippen molar-refractivity contribution in [3.8, 4) is 5.69 Å². The number of anilines is 1. The fourth-order valence-corrected chi connectivity index (χ4v) is 5.00. The average molecular weight is 484 g/mol. The molecule has 2 fully saturated rings. The van der Waals surface area contributed by atoms with Crippen molar-refractivity contribution in [2.24, 2.45) is 11.8 Å². The summed E-state index contributed by atoms with van der Waals surface area (Å²) in [4.78, 5) is 23.1. The molecule has 1 aliphatic carbocycles. The maximum absolute atomic E-state index is 15.6. The molecule has 0 radical (unpaired) electrons. The summed E-state index contributed by atoms with van der Waals surface area (Å²) in [5, 5.41) is 7.66. The summed E-state index contributed by atoms with van der Waals surface area (Å²) >= 11 is 0. The number of carbonyl (C=O) groups excluding carboxylic acids is 1. The monoisotopic (exact) mass is 484 g/mol. The number of imidazole rings is 1. The lowest BCUT2D eigenvalue weighted by atomic mass is 9.77. The first kappa shape index (κ1) is 21.3. The number of amides is 1. The van der Waals surface area contributed by atoms with Gasteiger partial charge in [0, 0.05) is 17.3 Å². The highest BCUT2D eigenvalue weighted by Crippen LogP contribution is 2.55. The number of hydrogen-bond donors (Lipinski definition) is 1. The lowest BCUT2D eigenvalue weighted by Gasteiger charge is -2.48. The summed E-state index contributed by atoms with van der Waals surface area (Å²) < 4.78 is 42.7. The summed E-state index contributed by atoms with van der Waals surface area (Å²) in [6.45, 7) is 1.75. The van der Waals surface area contributed by atoms with Crippen LogP contribution in [0.15, 0.2) is 42.9 Å². The zero-order chi connectivity index (χ0) is 23.8. The summed E-state index contributed by atoms with van der Waals surface area (Å²) in [6, 6.07) is 7.92. The molecule has 1 amide bonds. The Morgan fingerprint density at radius 3 is 2.65 bits per heavy atom. The number of benzene rings is 2. The molecule has 174 valence electrons. The number of β-lactam (4-membered cyclic amide) rings is 1. The number of nitrogens with zero attached hydrogens (tertiary/aromatic N) is 5. The Kier molecular flexibility index (Phi) is 4.61. The molecule has 1 saturated heterocycles. The number of H-pyrrole nitrogens is 1. The molecule has 2 unspecified atom stereocenters. The predicted molar refractivity (Wildman–Crippen MR) is 122 cm³/mol. The Balaban J connectivity index is 1.41. The van der Waals surface area contributed by atoms with Crippen LogP contribution < -0.4 is 4.90 Å². The molecule has 3 atom stereocenters. The first-order valence-corrected chi connectivity index (χ1v) is 11.5. The molecule has 0 spiro atoms. The molecule has 34 heavy (non-hydrogen) atoms. The van der Waals surface area contributed by atoms with E-state index in [1.165, 1.54) is 15.3 Å². The van der Waals surface area contributed by atoms with Crippen LogP contribution in [0.1, 0.15) is 35.7 Å². The standard InChI is InChI=1S/C23H20F3N6OP/c1-11-6-14(32-29-9-18(30-32)23(25,26)34)7-15(24)19(11)21-20(12-2-3-12)22(33)31(21)13-4-5-16-17(8-13)28-10-27-16/h4-10,12,20-21H,2-3,34H2,1H3,(H,27,28)/t20?,21-/m0/s1. The van der Waals surface area contributed by atoms with E-state index in [-0.39, 0.29) is 23.4 Å². The van der Waals surface area contributed by atoms with Gasteiger partial charge in [-0.1, -0.05) is 9.24 Å². The third-order valence-electron chi connectivity index (χ3n) is 6.63. The highest BCUT2D eigenvalue weighted by molar-refractivity contribution is 7.17. The maximum atomic E-state index is 15.6. The molecule has 2 aliphatic rings. The number of aryl methyl sites for hydroxylation is 1. The van der Waals surface area contributed by atoms with Gasteiger partial charge >= 0.3 is 5.66 Å². The molecule has 3 heterocycles. The molecule has 2 aromatic carbocycles. The van der Waals surface area contributed by atoms with E-state index in [0.29, 0.717) is 16.8 Å². The molecule has 4 aromatic rings. The van der Waals surface area contributed by atoms with E-state index >= 15 is 4.39 Å². The van der Waals surface area contributed by atoms with Gasteiger partial charge in [-0.25, -0.2) is 9.37 Å².